The molecule has 4 heterocycles. The van der Waals surface area contributed by atoms with Gasteiger partial charge in [-0.25, -0.2) is 9.59 Å². The number of ether oxygens (including phenoxy) is 1. The molecule has 3 aliphatic rings. The molecule has 3 aliphatic heterocycles. The average molecular weight is 390 g/mol. The molecule has 0 saturated carbocycles. The van der Waals surface area contributed by atoms with Gasteiger partial charge >= 0.3 is 12.1 Å². The van der Waals surface area contributed by atoms with Crippen molar-refractivity contribution < 1.29 is 14.3 Å². The van der Waals surface area contributed by atoms with Crippen LogP contribution in [0, 0.1) is 5.92 Å². The number of fused-ring (bicyclic) bond motifs is 4. The molecule has 1 amide bonds. The first-order valence-corrected chi connectivity index (χ1v) is 9.92. The van der Waals surface area contributed by atoms with Crippen molar-refractivity contribution in [3.63, 3.8) is 0 Å². The van der Waals surface area contributed by atoms with Gasteiger partial charge in [-0.2, -0.15) is 5.10 Å². The summed E-state index contributed by atoms with van der Waals surface area (Å²) in [6.07, 6.45) is 1.14. The molecule has 0 radical (unpaired) electrons. The van der Waals surface area contributed by atoms with Gasteiger partial charge in [0.25, 0.3) is 0 Å². The van der Waals surface area contributed by atoms with Gasteiger partial charge in [-0.3, -0.25) is 4.68 Å². The van der Waals surface area contributed by atoms with Crippen LogP contribution in [0.3, 0.4) is 0 Å². The lowest BCUT2D eigenvalue weighted by molar-refractivity contribution is 0.0518. The fourth-order valence-electron chi connectivity index (χ4n) is 4.70. The maximum Gasteiger partial charge on any atom is 0.412 e. The zero-order valence-corrected chi connectivity index (χ0v) is 16.0. The summed E-state index contributed by atoms with van der Waals surface area (Å²) in [5.41, 5.74) is 8.21. The van der Waals surface area contributed by atoms with E-state index in [-0.39, 0.29) is 11.7 Å². The minimum Gasteiger partial charge on any atom is -0.371 e. The standard InChI is InChI=1S/C22H22N4O3/c23-22(28)29-21(27)20-17-7-6-16(14-4-2-1-3-5-14)12-18(17)26(24-20)19-13-25-10-8-15(19)9-11-25/h1-7,12,15,19H,8-11,13H2,(H2,23,28). The van der Waals surface area contributed by atoms with Crippen LogP contribution in [0.5, 0.6) is 0 Å². The minimum atomic E-state index is -1.12. The highest BCUT2D eigenvalue weighted by Crippen LogP contribution is 2.38. The van der Waals surface area contributed by atoms with Crippen molar-refractivity contribution in [3.05, 3.63) is 54.2 Å². The second kappa shape index (κ2) is 7.00. The summed E-state index contributed by atoms with van der Waals surface area (Å²) in [7, 11) is 0. The quantitative estimate of drug-likeness (QED) is 0.548. The van der Waals surface area contributed by atoms with Crippen molar-refractivity contribution in [2.24, 2.45) is 11.7 Å². The van der Waals surface area contributed by atoms with Gasteiger partial charge in [-0.05, 0) is 55.1 Å². The molecule has 1 unspecified atom stereocenters. The van der Waals surface area contributed by atoms with Gasteiger partial charge in [0.1, 0.15) is 0 Å². The third-order valence-corrected chi connectivity index (χ3v) is 6.14. The number of aromatic nitrogens is 2. The van der Waals surface area contributed by atoms with E-state index in [2.05, 4.69) is 32.9 Å². The molecule has 29 heavy (non-hydrogen) atoms. The molecular weight excluding hydrogens is 368 g/mol. The summed E-state index contributed by atoms with van der Waals surface area (Å²) < 4.78 is 6.60. The van der Waals surface area contributed by atoms with Crippen molar-refractivity contribution in [2.75, 3.05) is 19.6 Å². The number of piperidine rings is 3. The molecule has 7 nitrogen and oxygen atoms in total. The Hall–Kier alpha value is -3.19. The summed E-state index contributed by atoms with van der Waals surface area (Å²) in [4.78, 5) is 26.0. The van der Waals surface area contributed by atoms with E-state index in [1.165, 1.54) is 0 Å². The maximum atomic E-state index is 12.5. The molecule has 3 aromatic rings. The molecule has 0 spiro atoms. The van der Waals surface area contributed by atoms with Crippen molar-refractivity contribution in [3.8, 4) is 11.1 Å². The van der Waals surface area contributed by atoms with Crippen LogP contribution in [-0.2, 0) is 4.74 Å². The molecule has 1 atom stereocenters. The predicted molar refractivity (Wildman–Crippen MR) is 108 cm³/mol. The number of hydrogen-bond donors (Lipinski definition) is 1. The number of carbonyl (C=O) groups excluding carboxylic acids is 2. The van der Waals surface area contributed by atoms with Crippen LogP contribution in [0.1, 0.15) is 29.4 Å². The van der Waals surface area contributed by atoms with Crippen LogP contribution in [0.25, 0.3) is 22.0 Å². The highest BCUT2D eigenvalue weighted by Gasteiger charge is 2.37. The first-order chi connectivity index (χ1) is 14.1. The Morgan fingerprint density at radius 2 is 1.79 bits per heavy atom. The lowest BCUT2D eigenvalue weighted by Crippen LogP contribution is -2.48. The first kappa shape index (κ1) is 17.9. The highest BCUT2D eigenvalue weighted by atomic mass is 16.6. The lowest BCUT2D eigenvalue weighted by atomic mass is 9.84. The fourth-order valence-corrected chi connectivity index (χ4v) is 4.70. The Balaban J connectivity index is 1.65. The van der Waals surface area contributed by atoms with Crippen LogP contribution >= 0.6 is 0 Å². The molecular formula is C22H22N4O3. The third kappa shape index (κ3) is 3.17. The van der Waals surface area contributed by atoms with Crippen molar-refractivity contribution in [1.82, 2.24) is 14.7 Å². The van der Waals surface area contributed by atoms with Gasteiger partial charge in [0.2, 0.25) is 0 Å². The van der Waals surface area contributed by atoms with Crippen LogP contribution in [0.15, 0.2) is 48.5 Å². The molecule has 1 aromatic heterocycles. The highest BCUT2D eigenvalue weighted by molar-refractivity contribution is 6.05. The van der Waals surface area contributed by atoms with Crippen molar-refractivity contribution in [2.45, 2.75) is 18.9 Å². The van der Waals surface area contributed by atoms with Crippen molar-refractivity contribution >= 4 is 23.0 Å². The average Bonchev–Trinajstić information content (AvgIpc) is 3.13. The number of primary amides is 1. The van der Waals surface area contributed by atoms with Crippen LogP contribution in [0.2, 0.25) is 0 Å². The van der Waals surface area contributed by atoms with E-state index in [4.69, 9.17) is 5.73 Å². The number of nitrogens with zero attached hydrogens (tertiary/aromatic N) is 3. The van der Waals surface area contributed by atoms with E-state index in [9.17, 15) is 9.59 Å². The Labute approximate surface area is 168 Å². The summed E-state index contributed by atoms with van der Waals surface area (Å²) in [5, 5.41) is 5.30. The van der Waals surface area contributed by atoms with Crippen LogP contribution in [-0.4, -0.2) is 46.4 Å². The Bertz CT molecular complexity index is 1080. The zero-order valence-electron chi connectivity index (χ0n) is 16.0. The molecule has 0 aliphatic carbocycles. The van der Waals surface area contributed by atoms with Crippen molar-refractivity contribution in [1.29, 1.82) is 0 Å². The number of nitrogens with two attached hydrogens (primary N) is 1. The summed E-state index contributed by atoms with van der Waals surface area (Å²) in [6.45, 7) is 3.15. The lowest BCUT2D eigenvalue weighted by Gasteiger charge is -2.44. The second-order valence-electron chi connectivity index (χ2n) is 7.81. The molecule has 7 heteroatoms. The largest absolute Gasteiger partial charge is 0.412 e. The molecule has 2 aromatic carbocycles. The molecule has 2 bridgehead atoms. The molecule has 3 saturated heterocycles. The molecule has 2 N–H and O–H groups in total. The summed E-state index contributed by atoms with van der Waals surface area (Å²) in [5.74, 6) is -0.279. The monoisotopic (exact) mass is 390 g/mol. The van der Waals surface area contributed by atoms with Gasteiger partial charge in [0.15, 0.2) is 5.69 Å². The van der Waals surface area contributed by atoms with E-state index in [1.54, 1.807) is 0 Å². The minimum absolute atomic E-state index is 0.134. The normalized spacial score (nSPS) is 23.2. The second-order valence-corrected chi connectivity index (χ2v) is 7.81. The third-order valence-electron chi connectivity index (χ3n) is 6.14. The number of hydrogen-bond acceptors (Lipinski definition) is 5. The molecule has 148 valence electrons. The van der Waals surface area contributed by atoms with E-state index in [0.29, 0.717) is 11.3 Å². The SMILES string of the molecule is NC(=O)OC(=O)c1nn(C2CN3CCC2CC3)c2cc(-c3ccccc3)ccc12. The zero-order chi connectivity index (χ0) is 20.0. The van der Waals surface area contributed by atoms with Gasteiger partial charge in [0, 0.05) is 11.9 Å². The fraction of sp³-hybridized carbons (Fsp3) is 0.318. The summed E-state index contributed by atoms with van der Waals surface area (Å²) in [6, 6.07) is 16.2. The number of amides is 1. The van der Waals surface area contributed by atoms with Gasteiger partial charge in [-0.15, -0.1) is 0 Å². The number of benzene rings is 2. The Morgan fingerprint density at radius 3 is 2.45 bits per heavy atom. The smallest absolute Gasteiger partial charge is 0.371 e. The van der Waals surface area contributed by atoms with E-state index < -0.39 is 12.1 Å². The Morgan fingerprint density at radius 1 is 1.03 bits per heavy atom. The van der Waals surface area contributed by atoms with E-state index in [0.717, 1.165) is 49.1 Å². The van der Waals surface area contributed by atoms with Gasteiger partial charge < -0.3 is 15.4 Å². The van der Waals surface area contributed by atoms with Gasteiger partial charge in [0.05, 0.1) is 11.6 Å². The van der Waals surface area contributed by atoms with E-state index in [1.807, 2.05) is 35.0 Å². The van der Waals surface area contributed by atoms with Gasteiger partial charge in [-0.1, -0.05) is 36.4 Å². The maximum absolute atomic E-state index is 12.5. The topological polar surface area (TPSA) is 90.5 Å². The number of carbonyl (C=O) groups is 2. The number of esters is 1. The number of rotatable bonds is 3. The predicted octanol–water partition coefficient (Wildman–Crippen LogP) is 3.21. The van der Waals surface area contributed by atoms with E-state index >= 15 is 0 Å². The first-order valence-electron chi connectivity index (χ1n) is 9.92. The molecule has 3 fully saturated rings. The molecule has 6 rings (SSSR count). The van der Waals surface area contributed by atoms with Crippen LogP contribution < -0.4 is 5.73 Å². The summed E-state index contributed by atoms with van der Waals surface area (Å²) >= 11 is 0. The Kier molecular flexibility index (Phi) is 4.32. The van der Waals surface area contributed by atoms with Crippen LogP contribution in [0.4, 0.5) is 4.79 Å².